The summed E-state index contributed by atoms with van der Waals surface area (Å²) in [6.45, 7) is 3.57. The highest BCUT2D eigenvalue weighted by molar-refractivity contribution is 5.69. The van der Waals surface area contributed by atoms with Gasteiger partial charge >= 0.3 is 6.18 Å². The van der Waals surface area contributed by atoms with Gasteiger partial charge < -0.3 is 15.3 Å². The van der Waals surface area contributed by atoms with Gasteiger partial charge in [-0.25, -0.2) is 0 Å². The highest BCUT2D eigenvalue weighted by Crippen LogP contribution is 2.34. The largest absolute Gasteiger partial charge is 0.504 e. The number of alkyl halides is 3. The molecule has 0 spiro atoms. The molecule has 1 aromatic heterocycles. The first kappa shape index (κ1) is 18.4. The Hall–Kier alpha value is -2.35. The van der Waals surface area contributed by atoms with Crippen molar-refractivity contribution in [2.24, 2.45) is 0 Å². The molecule has 0 radical (unpaired) electrons. The van der Waals surface area contributed by atoms with E-state index in [0.717, 1.165) is 38.1 Å². The summed E-state index contributed by atoms with van der Waals surface area (Å²) in [5, 5.41) is 21.8. The third-order valence-electron chi connectivity index (χ3n) is 4.64. The van der Waals surface area contributed by atoms with Crippen molar-refractivity contribution in [3.63, 3.8) is 0 Å². The minimum atomic E-state index is -4.39. The van der Waals surface area contributed by atoms with E-state index in [9.17, 15) is 18.3 Å². The minimum Gasteiger partial charge on any atom is -0.504 e. The Labute approximate surface area is 149 Å². The maximum atomic E-state index is 12.7. The molecule has 1 aliphatic rings. The van der Waals surface area contributed by atoms with Crippen LogP contribution in [-0.2, 0) is 6.18 Å². The average molecular weight is 366 g/mol. The van der Waals surface area contributed by atoms with Gasteiger partial charge in [-0.3, -0.25) is 0 Å². The molecular weight excluding hydrogens is 345 g/mol. The van der Waals surface area contributed by atoms with E-state index in [-0.39, 0.29) is 11.8 Å². The summed E-state index contributed by atoms with van der Waals surface area (Å²) in [5.41, 5.74) is 0.590. The summed E-state index contributed by atoms with van der Waals surface area (Å²) < 4.78 is 38.1. The third kappa shape index (κ3) is 3.90. The number of hydrogen-bond donors (Lipinski definition) is 2. The monoisotopic (exact) mass is 366 g/mol. The molecule has 140 valence electrons. The number of likely N-dealkylation sites (tertiary alicyclic amines) is 1. The number of nitrogens with zero attached hydrogens (tertiary/aromatic N) is 3. The molecule has 1 aromatic carbocycles. The average Bonchev–Trinajstić information content (AvgIpc) is 2.59. The molecule has 2 N–H and O–H groups in total. The van der Waals surface area contributed by atoms with Crippen LogP contribution in [0.15, 0.2) is 24.3 Å². The Morgan fingerprint density at radius 1 is 1.19 bits per heavy atom. The molecule has 1 aliphatic heterocycles. The molecule has 0 amide bonds. The highest BCUT2D eigenvalue weighted by Gasteiger charge is 2.30. The summed E-state index contributed by atoms with van der Waals surface area (Å²) in [6, 6.07) is 4.84. The number of benzene rings is 1. The lowest BCUT2D eigenvalue weighted by molar-refractivity contribution is -0.137. The molecule has 0 saturated carbocycles. The van der Waals surface area contributed by atoms with Gasteiger partial charge in [0.2, 0.25) is 0 Å². The number of nitrogens with one attached hydrogen (secondary N) is 1. The maximum absolute atomic E-state index is 12.7. The van der Waals surface area contributed by atoms with Crippen molar-refractivity contribution in [2.45, 2.75) is 32.0 Å². The minimum absolute atomic E-state index is 0.0249. The van der Waals surface area contributed by atoms with Gasteiger partial charge in [-0.15, -0.1) is 10.2 Å². The zero-order valence-electron chi connectivity index (χ0n) is 14.6. The zero-order chi connectivity index (χ0) is 18.9. The smallest absolute Gasteiger partial charge is 0.416 e. The van der Waals surface area contributed by atoms with Gasteiger partial charge in [0.05, 0.1) is 11.3 Å². The Balaban J connectivity index is 1.83. The molecule has 0 unspecified atom stereocenters. The molecule has 8 heteroatoms. The van der Waals surface area contributed by atoms with Crippen LogP contribution < -0.4 is 5.32 Å². The van der Waals surface area contributed by atoms with Crippen LogP contribution in [0.5, 0.6) is 5.75 Å². The first-order chi connectivity index (χ1) is 12.3. The first-order valence-corrected chi connectivity index (χ1v) is 8.44. The van der Waals surface area contributed by atoms with E-state index in [2.05, 4.69) is 20.4 Å². The van der Waals surface area contributed by atoms with Crippen LogP contribution in [0.3, 0.4) is 0 Å². The number of aromatic nitrogens is 2. The lowest BCUT2D eigenvalue weighted by atomic mass is 10.0. The summed E-state index contributed by atoms with van der Waals surface area (Å²) in [7, 11) is 2.04. The van der Waals surface area contributed by atoms with Gasteiger partial charge in [-0.1, -0.05) is 12.1 Å². The van der Waals surface area contributed by atoms with Gasteiger partial charge in [0.15, 0.2) is 11.6 Å². The van der Waals surface area contributed by atoms with Gasteiger partial charge in [0.25, 0.3) is 0 Å². The molecule has 0 bridgehead atoms. The second-order valence-corrected chi connectivity index (χ2v) is 6.69. The molecule has 2 heterocycles. The molecule has 1 atom stereocenters. The predicted molar refractivity (Wildman–Crippen MR) is 93.0 cm³/mol. The standard InChI is InChI=1S/C18H21F3N4O/c1-11-15(12-5-7-13(8-6-12)18(19,20)21)23-24-17(16(11)26)22-14-4-3-9-25(2)10-14/h5-8,14H,3-4,9-10H2,1-2H3,(H,22,24)(H,23,26)/t14-/m1/s1. The number of hydrogen-bond acceptors (Lipinski definition) is 5. The number of aromatic hydroxyl groups is 1. The summed E-state index contributed by atoms with van der Waals surface area (Å²) in [5.74, 6) is 0.279. The van der Waals surface area contributed by atoms with Crippen LogP contribution in [0.2, 0.25) is 0 Å². The zero-order valence-corrected chi connectivity index (χ0v) is 14.6. The van der Waals surface area contributed by atoms with E-state index in [1.165, 1.54) is 12.1 Å². The number of anilines is 1. The van der Waals surface area contributed by atoms with Gasteiger partial charge in [-0.05, 0) is 45.5 Å². The molecule has 0 aliphatic carbocycles. The van der Waals surface area contributed by atoms with Crippen molar-refractivity contribution in [1.29, 1.82) is 0 Å². The second kappa shape index (κ2) is 7.11. The fourth-order valence-electron chi connectivity index (χ4n) is 3.18. The normalized spacial score (nSPS) is 18.7. The van der Waals surface area contributed by atoms with Crippen molar-refractivity contribution >= 4 is 5.82 Å². The topological polar surface area (TPSA) is 61.3 Å². The highest BCUT2D eigenvalue weighted by atomic mass is 19.4. The van der Waals surface area contributed by atoms with Crippen LogP contribution in [0.4, 0.5) is 19.0 Å². The molecule has 2 aromatic rings. The van der Waals surface area contributed by atoms with Gasteiger partial charge in [0, 0.05) is 23.7 Å². The van der Waals surface area contributed by atoms with E-state index in [1.807, 2.05) is 7.05 Å². The number of piperidine rings is 1. The van der Waals surface area contributed by atoms with Crippen molar-refractivity contribution in [3.05, 3.63) is 35.4 Å². The fraction of sp³-hybridized carbons (Fsp3) is 0.444. The van der Waals surface area contributed by atoms with E-state index in [0.29, 0.717) is 22.6 Å². The van der Waals surface area contributed by atoms with Crippen molar-refractivity contribution in [2.75, 3.05) is 25.5 Å². The van der Waals surface area contributed by atoms with E-state index in [4.69, 9.17) is 0 Å². The molecule has 5 nitrogen and oxygen atoms in total. The lowest BCUT2D eigenvalue weighted by Gasteiger charge is -2.30. The quantitative estimate of drug-likeness (QED) is 0.868. The predicted octanol–water partition coefficient (Wildman–Crippen LogP) is 3.68. The molecular formula is C18H21F3N4O. The van der Waals surface area contributed by atoms with Crippen LogP contribution in [0.1, 0.15) is 24.0 Å². The van der Waals surface area contributed by atoms with E-state index >= 15 is 0 Å². The number of rotatable bonds is 3. The number of halogens is 3. The Morgan fingerprint density at radius 2 is 1.88 bits per heavy atom. The number of likely N-dealkylation sites (N-methyl/N-ethyl adjacent to an activating group) is 1. The summed E-state index contributed by atoms with van der Waals surface area (Å²) in [4.78, 5) is 2.20. The van der Waals surface area contributed by atoms with E-state index in [1.54, 1.807) is 6.92 Å². The fourth-order valence-corrected chi connectivity index (χ4v) is 3.18. The van der Waals surface area contributed by atoms with Crippen LogP contribution in [-0.4, -0.2) is 46.4 Å². The van der Waals surface area contributed by atoms with Gasteiger partial charge in [-0.2, -0.15) is 13.2 Å². The Kier molecular flexibility index (Phi) is 5.04. The van der Waals surface area contributed by atoms with Crippen LogP contribution >= 0.6 is 0 Å². The molecule has 1 fully saturated rings. The first-order valence-electron chi connectivity index (χ1n) is 8.44. The van der Waals surface area contributed by atoms with E-state index < -0.39 is 11.7 Å². The summed E-state index contributed by atoms with van der Waals surface area (Å²) >= 11 is 0. The lowest BCUT2D eigenvalue weighted by Crippen LogP contribution is -2.40. The maximum Gasteiger partial charge on any atom is 0.416 e. The Morgan fingerprint density at radius 3 is 2.50 bits per heavy atom. The second-order valence-electron chi connectivity index (χ2n) is 6.69. The Bertz CT molecular complexity index is 777. The van der Waals surface area contributed by atoms with Crippen molar-refractivity contribution in [1.82, 2.24) is 15.1 Å². The summed E-state index contributed by atoms with van der Waals surface area (Å²) in [6.07, 6.45) is -2.35. The van der Waals surface area contributed by atoms with Crippen molar-refractivity contribution in [3.8, 4) is 17.0 Å². The van der Waals surface area contributed by atoms with Crippen LogP contribution in [0, 0.1) is 6.92 Å². The van der Waals surface area contributed by atoms with Gasteiger partial charge in [0.1, 0.15) is 0 Å². The third-order valence-corrected chi connectivity index (χ3v) is 4.64. The van der Waals surface area contributed by atoms with Crippen LogP contribution in [0.25, 0.3) is 11.3 Å². The SMILES string of the molecule is Cc1c(-c2ccc(C(F)(F)F)cc2)nnc(N[C@@H]2CCCN(C)C2)c1O. The molecule has 26 heavy (non-hydrogen) atoms. The molecule has 3 rings (SSSR count). The molecule has 1 saturated heterocycles. The van der Waals surface area contributed by atoms with Crippen molar-refractivity contribution < 1.29 is 18.3 Å².